The van der Waals surface area contributed by atoms with Crippen molar-refractivity contribution in [2.45, 2.75) is 24.3 Å². The Kier molecular flexibility index (Phi) is 5.64. The normalized spacial score (nSPS) is 12.1. The Labute approximate surface area is 132 Å². The summed E-state index contributed by atoms with van der Waals surface area (Å²) in [7, 11) is 1.38. The molecule has 0 bridgehead atoms. The third-order valence-electron chi connectivity index (χ3n) is 2.72. The topological polar surface area (TPSA) is 65.2 Å². The molecule has 112 valence electrons. The number of halogens is 1. The molecule has 0 radical (unpaired) electrons. The number of aromatic nitrogens is 2. The zero-order valence-electron chi connectivity index (χ0n) is 11.7. The molecule has 5 nitrogen and oxygen atoms in total. The van der Waals surface area contributed by atoms with Crippen molar-refractivity contribution in [3.05, 3.63) is 35.2 Å². The summed E-state index contributed by atoms with van der Waals surface area (Å²) in [6, 6.07) is 7.27. The van der Waals surface area contributed by atoms with Crippen LogP contribution in [-0.4, -0.2) is 28.5 Å². The lowest BCUT2D eigenvalue weighted by Gasteiger charge is -2.07. The number of rotatable bonds is 6. The first kappa shape index (κ1) is 15.9. The first-order valence-electron chi connectivity index (χ1n) is 6.35. The van der Waals surface area contributed by atoms with E-state index in [4.69, 9.17) is 16.1 Å². The first-order valence-corrected chi connectivity index (χ1v) is 7.78. The van der Waals surface area contributed by atoms with Gasteiger partial charge in [0.2, 0.25) is 11.7 Å². The van der Waals surface area contributed by atoms with Gasteiger partial charge < -0.3 is 9.26 Å². The standard InChI is InChI=1S/C14H15ClN2O3S/c1-9(6-13(18)19-2)21-8-12-16-14(17-20-12)10-4-3-5-11(15)7-10/h3-5,7,9H,6,8H2,1-2H3. The van der Waals surface area contributed by atoms with Gasteiger partial charge >= 0.3 is 5.97 Å². The van der Waals surface area contributed by atoms with Crippen LogP contribution in [0.5, 0.6) is 0 Å². The number of ether oxygens (including phenoxy) is 1. The van der Waals surface area contributed by atoms with E-state index in [1.165, 1.54) is 7.11 Å². The summed E-state index contributed by atoms with van der Waals surface area (Å²) in [6.07, 6.45) is 0.358. The Hall–Kier alpha value is -1.53. The molecule has 0 saturated heterocycles. The Balaban J connectivity index is 1.93. The van der Waals surface area contributed by atoms with E-state index in [1.807, 2.05) is 19.1 Å². The molecule has 1 heterocycles. The SMILES string of the molecule is COC(=O)CC(C)SCc1nc(-c2cccc(Cl)c2)no1. The maximum atomic E-state index is 11.2. The average molecular weight is 327 g/mol. The van der Waals surface area contributed by atoms with Crippen molar-refractivity contribution in [1.29, 1.82) is 0 Å². The van der Waals surface area contributed by atoms with Crippen molar-refractivity contribution in [2.24, 2.45) is 0 Å². The number of carbonyl (C=O) groups excluding carboxylic acids is 1. The molecular weight excluding hydrogens is 312 g/mol. The minimum atomic E-state index is -0.222. The number of hydrogen-bond donors (Lipinski definition) is 0. The van der Waals surface area contributed by atoms with Gasteiger partial charge in [0.15, 0.2) is 0 Å². The van der Waals surface area contributed by atoms with Gasteiger partial charge in [-0.2, -0.15) is 4.98 Å². The Morgan fingerprint density at radius 1 is 1.52 bits per heavy atom. The number of hydrogen-bond acceptors (Lipinski definition) is 6. The molecule has 1 atom stereocenters. The predicted molar refractivity (Wildman–Crippen MR) is 82.1 cm³/mol. The quantitative estimate of drug-likeness (QED) is 0.756. The summed E-state index contributed by atoms with van der Waals surface area (Å²) >= 11 is 7.49. The van der Waals surface area contributed by atoms with Crippen molar-refractivity contribution in [3.63, 3.8) is 0 Å². The zero-order valence-corrected chi connectivity index (χ0v) is 13.3. The van der Waals surface area contributed by atoms with Crippen LogP contribution in [0.15, 0.2) is 28.8 Å². The fourth-order valence-electron chi connectivity index (χ4n) is 1.65. The third kappa shape index (κ3) is 4.75. The van der Waals surface area contributed by atoms with E-state index in [9.17, 15) is 4.79 Å². The van der Waals surface area contributed by atoms with Gasteiger partial charge in [0, 0.05) is 15.8 Å². The number of esters is 1. The van der Waals surface area contributed by atoms with Crippen LogP contribution in [0.3, 0.4) is 0 Å². The molecular formula is C14H15ClN2O3S. The number of carbonyl (C=O) groups is 1. The summed E-state index contributed by atoms with van der Waals surface area (Å²) in [4.78, 5) is 15.5. The second-order valence-electron chi connectivity index (χ2n) is 4.42. The van der Waals surface area contributed by atoms with E-state index in [1.54, 1.807) is 23.9 Å². The van der Waals surface area contributed by atoms with Gasteiger partial charge in [0.05, 0.1) is 19.3 Å². The third-order valence-corrected chi connectivity index (χ3v) is 4.11. The highest BCUT2D eigenvalue weighted by molar-refractivity contribution is 7.99. The van der Waals surface area contributed by atoms with Crippen LogP contribution >= 0.6 is 23.4 Å². The van der Waals surface area contributed by atoms with Crippen molar-refractivity contribution < 1.29 is 14.1 Å². The Bertz CT molecular complexity index is 618. The summed E-state index contributed by atoms with van der Waals surface area (Å²) in [5.74, 6) is 1.35. The van der Waals surface area contributed by atoms with Gasteiger partial charge in [-0.05, 0) is 12.1 Å². The van der Waals surface area contributed by atoms with Gasteiger partial charge in [-0.1, -0.05) is 35.8 Å². The molecule has 0 spiro atoms. The van der Waals surface area contributed by atoms with Crippen LogP contribution in [0.4, 0.5) is 0 Å². The summed E-state index contributed by atoms with van der Waals surface area (Å²) in [5, 5.41) is 4.68. The first-order chi connectivity index (χ1) is 10.1. The lowest BCUT2D eigenvalue weighted by molar-refractivity contribution is -0.140. The Morgan fingerprint density at radius 3 is 3.05 bits per heavy atom. The number of nitrogens with zero attached hydrogens (tertiary/aromatic N) is 2. The van der Waals surface area contributed by atoms with Gasteiger partial charge in [-0.3, -0.25) is 4.79 Å². The molecule has 0 aliphatic heterocycles. The highest BCUT2D eigenvalue weighted by atomic mass is 35.5. The largest absolute Gasteiger partial charge is 0.469 e. The molecule has 21 heavy (non-hydrogen) atoms. The summed E-state index contributed by atoms with van der Waals surface area (Å²) < 4.78 is 9.83. The predicted octanol–water partition coefficient (Wildman–Crippen LogP) is 3.57. The molecule has 0 N–H and O–H groups in total. The Morgan fingerprint density at radius 2 is 2.33 bits per heavy atom. The maximum Gasteiger partial charge on any atom is 0.306 e. The van der Waals surface area contributed by atoms with Gasteiger partial charge in [0.1, 0.15) is 0 Å². The molecule has 2 aromatic rings. The van der Waals surface area contributed by atoms with Crippen molar-refractivity contribution >= 4 is 29.3 Å². The lowest BCUT2D eigenvalue weighted by atomic mass is 10.2. The van der Waals surface area contributed by atoms with Crippen molar-refractivity contribution in [3.8, 4) is 11.4 Å². The molecule has 1 aromatic heterocycles. The lowest BCUT2D eigenvalue weighted by Crippen LogP contribution is -2.08. The molecule has 7 heteroatoms. The van der Waals surface area contributed by atoms with Gasteiger partial charge in [-0.15, -0.1) is 11.8 Å². The highest BCUT2D eigenvalue weighted by Gasteiger charge is 2.13. The molecule has 1 aromatic carbocycles. The van der Waals surface area contributed by atoms with E-state index < -0.39 is 0 Å². The van der Waals surface area contributed by atoms with E-state index in [0.717, 1.165) is 5.56 Å². The molecule has 0 saturated carbocycles. The zero-order chi connectivity index (χ0) is 15.2. The monoisotopic (exact) mass is 326 g/mol. The van der Waals surface area contributed by atoms with Crippen molar-refractivity contribution in [1.82, 2.24) is 10.1 Å². The van der Waals surface area contributed by atoms with E-state index >= 15 is 0 Å². The summed E-state index contributed by atoms with van der Waals surface area (Å²) in [5.41, 5.74) is 0.810. The van der Waals surface area contributed by atoms with Crippen LogP contribution in [0.25, 0.3) is 11.4 Å². The highest BCUT2D eigenvalue weighted by Crippen LogP contribution is 2.23. The van der Waals surface area contributed by atoms with Crippen LogP contribution in [-0.2, 0) is 15.3 Å². The van der Waals surface area contributed by atoms with Crippen LogP contribution in [0.2, 0.25) is 5.02 Å². The van der Waals surface area contributed by atoms with E-state index in [0.29, 0.717) is 28.9 Å². The summed E-state index contributed by atoms with van der Waals surface area (Å²) in [6.45, 7) is 1.95. The number of benzene rings is 1. The molecule has 0 aliphatic carbocycles. The van der Waals surface area contributed by atoms with E-state index in [-0.39, 0.29) is 11.2 Å². The fourth-order valence-corrected chi connectivity index (χ4v) is 2.64. The molecule has 0 fully saturated rings. The van der Waals surface area contributed by atoms with Gasteiger partial charge in [-0.25, -0.2) is 0 Å². The molecule has 1 unspecified atom stereocenters. The molecule has 0 amide bonds. The second-order valence-corrected chi connectivity index (χ2v) is 6.29. The second kappa shape index (κ2) is 7.47. The van der Waals surface area contributed by atoms with Crippen LogP contribution in [0.1, 0.15) is 19.2 Å². The molecule has 2 rings (SSSR count). The minimum absolute atomic E-state index is 0.124. The van der Waals surface area contributed by atoms with Crippen LogP contribution < -0.4 is 0 Å². The smallest absolute Gasteiger partial charge is 0.306 e. The van der Waals surface area contributed by atoms with Crippen LogP contribution in [0, 0.1) is 0 Å². The number of thioether (sulfide) groups is 1. The molecule has 0 aliphatic rings. The minimum Gasteiger partial charge on any atom is -0.469 e. The van der Waals surface area contributed by atoms with Crippen molar-refractivity contribution in [2.75, 3.05) is 7.11 Å². The number of methoxy groups -OCH3 is 1. The average Bonchev–Trinajstić information content (AvgIpc) is 2.94. The fraction of sp³-hybridized carbons (Fsp3) is 0.357. The van der Waals surface area contributed by atoms with E-state index in [2.05, 4.69) is 14.9 Å². The maximum absolute atomic E-state index is 11.2. The van der Waals surface area contributed by atoms with Gasteiger partial charge in [0.25, 0.3) is 0 Å².